The highest BCUT2D eigenvalue weighted by Crippen LogP contribution is 2.24. The fraction of sp³-hybridized carbons (Fsp3) is 0.300. The Balaban J connectivity index is 2.07. The number of carbonyl (C=O) groups is 1. The average Bonchev–Trinajstić information content (AvgIpc) is 2.60. The quantitative estimate of drug-likeness (QED) is 0.815. The fourth-order valence-electron chi connectivity index (χ4n) is 1.29. The summed E-state index contributed by atoms with van der Waals surface area (Å²) < 4.78 is 10.6. The van der Waals surface area contributed by atoms with Crippen LogP contribution in [0.3, 0.4) is 0 Å². The van der Waals surface area contributed by atoms with Gasteiger partial charge in [-0.2, -0.15) is 0 Å². The van der Waals surface area contributed by atoms with Crippen LogP contribution >= 0.6 is 11.6 Å². The molecule has 16 heavy (non-hydrogen) atoms. The van der Waals surface area contributed by atoms with E-state index in [1.165, 1.54) is 0 Å². The zero-order chi connectivity index (χ0) is 11.6. The predicted octanol–water partition coefficient (Wildman–Crippen LogP) is 1.47. The zero-order valence-corrected chi connectivity index (χ0v) is 9.23. The lowest BCUT2D eigenvalue weighted by Gasteiger charge is -2.22. The minimum absolute atomic E-state index is 0.512. The van der Waals surface area contributed by atoms with Crippen molar-refractivity contribution in [3.8, 4) is 5.75 Å². The molecule has 1 aromatic carbocycles. The highest BCUT2D eigenvalue weighted by Gasteiger charge is 2.39. The lowest BCUT2D eigenvalue weighted by molar-refractivity contribution is -0.173. The number of carbonyl (C=O) groups excluding carboxylic acids is 1. The minimum Gasteiger partial charge on any atom is -0.447 e. The van der Waals surface area contributed by atoms with Crippen LogP contribution in [0.15, 0.2) is 24.3 Å². The van der Waals surface area contributed by atoms with E-state index in [4.69, 9.17) is 25.9 Å². The average molecular weight is 244 g/mol. The van der Waals surface area contributed by atoms with Crippen molar-refractivity contribution in [1.82, 2.24) is 5.48 Å². The number of hydroxylamine groups is 1. The van der Waals surface area contributed by atoms with Gasteiger partial charge in [0.25, 0.3) is 5.91 Å². The Morgan fingerprint density at radius 3 is 3.06 bits per heavy atom. The van der Waals surface area contributed by atoms with Crippen molar-refractivity contribution < 1.29 is 19.1 Å². The third-order valence-corrected chi connectivity index (χ3v) is 2.16. The lowest BCUT2D eigenvalue weighted by Crippen LogP contribution is -2.43. The molecule has 1 heterocycles. The molecule has 0 bridgehead atoms. The summed E-state index contributed by atoms with van der Waals surface area (Å²) in [6.07, 6.45) is -0.441. The first-order chi connectivity index (χ1) is 7.61. The topological polar surface area (TPSA) is 56.8 Å². The maximum atomic E-state index is 10.4. The number of rotatable bonds is 3. The number of ether oxygens (including phenoxy) is 2. The Morgan fingerprint density at radius 2 is 2.44 bits per heavy atom. The maximum absolute atomic E-state index is 10.4. The largest absolute Gasteiger partial charge is 0.447 e. The van der Waals surface area contributed by atoms with Crippen molar-refractivity contribution in [2.24, 2.45) is 0 Å². The Labute approximate surface area is 97.2 Å². The van der Waals surface area contributed by atoms with Crippen molar-refractivity contribution in [1.29, 1.82) is 0 Å². The van der Waals surface area contributed by atoms with E-state index < -0.39 is 12.2 Å². The molecule has 5 nitrogen and oxygen atoms in total. The second-order valence-electron chi connectivity index (χ2n) is 3.35. The summed E-state index contributed by atoms with van der Waals surface area (Å²) in [5.41, 5.74) is 2.48. The van der Waals surface area contributed by atoms with Crippen molar-refractivity contribution >= 4 is 17.9 Å². The molecule has 1 fully saturated rings. The molecule has 2 rings (SSSR count). The highest BCUT2D eigenvalue weighted by atomic mass is 35.5. The second-order valence-corrected chi connectivity index (χ2v) is 3.78. The van der Waals surface area contributed by atoms with Gasteiger partial charge in [-0.3, -0.25) is 14.4 Å². The van der Waals surface area contributed by atoms with Crippen LogP contribution in [-0.4, -0.2) is 18.5 Å². The second kappa shape index (κ2) is 4.39. The van der Waals surface area contributed by atoms with Gasteiger partial charge in [-0.25, -0.2) is 0 Å². The molecule has 0 aromatic heterocycles. The Bertz CT molecular complexity index is 400. The molecule has 1 aromatic rings. The number of nitrogens with one attached hydrogen (secondary N) is 1. The summed E-state index contributed by atoms with van der Waals surface area (Å²) >= 11 is 5.80. The third kappa shape index (κ3) is 2.51. The Kier molecular flexibility index (Phi) is 3.11. The van der Waals surface area contributed by atoms with Gasteiger partial charge in [0.15, 0.2) is 6.29 Å². The van der Waals surface area contributed by atoms with Gasteiger partial charge in [-0.05, 0) is 18.2 Å². The van der Waals surface area contributed by atoms with E-state index in [0.29, 0.717) is 17.1 Å². The molecule has 86 valence electrons. The van der Waals surface area contributed by atoms with Gasteiger partial charge in [0.1, 0.15) is 5.75 Å². The Hall–Kier alpha value is -1.14. The molecule has 0 radical (unpaired) electrons. The summed E-state index contributed by atoms with van der Waals surface area (Å²) in [4.78, 5) is 15.3. The number of aldehydes is 1. The van der Waals surface area contributed by atoms with Gasteiger partial charge < -0.3 is 4.74 Å². The van der Waals surface area contributed by atoms with Crippen LogP contribution in [0.2, 0.25) is 5.02 Å². The smallest absolute Gasteiger partial charge is 0.292 e. The predicted molar refractivity (Wildman–Crippen MR) is 55.6 cm³/mol. The molecule has 1 saturated heterocycles. The van der Waals surface area contributed by atoms with Gasteiger partial charge in [0.05, 0.1) is 0 Å². The van der Waals surface area contributed by atoms with Crippen LogP contribution < -0.4 is 10.2 Å². The molecule has 0 spiro atoms. The van der Waals surface area contributed by atoms with E-state index in [1.54, 1.807) is 31.2 Å². The highest BCUT2D eigenvalue weighted by molar-refractivity contribution is 6.30. The fourth-order valence-corrected chi connectivity index (χ4v) is 1.47. The monoisotopic (exact) mass is 243 g/mol. The first-order valence-corrected chi connectivity index (χ1v) is 5.00. The minimum atomic E-state index is -1.20. The van der Waals surface area contributed by atoms with Crippen LogP contribution in [0.25, 0.3) is 0 Å². The SMILES string of the molecule is CC1(Oc2cccc(Cl)c2)NOC(C=O)O1. The van der Waals surface area contributed by atoms with E-state index in [1.807, 2.05) is 0 Å². The van der Waals surface area contributed by atoms with Crippen LogP contribution in [-0.2, 0) is 14.4 Å². The molecule has 0 aliphatic carbocycles. The normalized spacial score (nSPS) is 29.0. The number of hydrogen-bond acceptors (Lipinski definition) is 5. The number of hydrogen-bond donors (Lipinski definition) is 1. The van der Waals surface area contributed by atoms with E-state index in [-0.39, 0.29) is 0 Å². The molecule has 0 amide bonds. The number of halogens is 1. The first kappa shape index (κ1) is 11.3. The summed E-state index contributed by atoms with van der Waals surface area (Å²) in [6, 6.07) is 6.82. The standard InChI is InChI=1S/C10H10ClNO4/c1-10(12-16-9(6-13)15-10)14-8-4-2-3-7(11)5-8/h2-6,9,12H,1H3. The molecule has 2 unspecified atom stereocenters. The van der Waals surface area contributed by atoms with Gasteiger partial charge in [0, 0.05) is 11.9 Å². The first-order valence-electron chi connectivity index (χ1n) is 4.62. The lowest BCUT2D eigenvalue weighted by atomic mass is 10.3. The van der Waals surface area contributed by atoms with Crippen LogP contribution in [0, 0.1) is 0 Å². The summed E-state index contributed by atoms with van der Waals surface area (Å²) in [5.74, 6) is -0.686. The van der Waals surface area contributed by atoms with E-state index in [0.717, 1.165) is 0 Å². The maximum Gasteiger partial charge on any atom is 0.292 e. The molecule has 1 aliphatic rings. The van der Waals surface area contributed by atoms with Crippen molar-refractivity contribution in [2.75, 3.05) is 0 Å². The van der Waals surface area contributed by atoms with Gasteiger partial charge >= 0.3 is 0 Å². The van der Waals surface area contributed by atoms with Crippen LogP contribution in [0.5, 0.6) is 5.75 Å². The zero-order valence-electron chi connectivity index (χ0n) is 8.48. The van der Waals surface area contributed by atoms with Gasteiger partial charge in [-0.15, -0.1) is 5.48 Å². The van der Waals surface area contributed by atoms with E-state index >= 15 is 0 Å². The Morgan fingerprint density at radius 1 is 1.62 bits per heavy atom. The van der Waals surface area contributed by atoms with E-state index in [2.05, 4.69) is 5.48 Å². The van der Waals surface area contributed by atoms with Crippen LogP contribution in [0.1, 0.15) is 6.92 Å². The third-order valence-electron chi connectivity index (χ3n) is 1.92. The van der Waals surface area contributed by atoms with Crippen molar-refractivity contribution in [2.45, 2.75) is 19.1 Å². The molecule has 1 aliphatic heterocycles. The van der Waals surface area contributed by atoms with Crippen molar-refractivity contribution in [3.63, 3.8) is 0 Å². The number of benzene rings is 1. The summed E-state index contributed by atoms with van der Waals surface area (Å²) in [6.45, 7) is 1.59. The molecule has 6 heteroatoms. The van der Waals surface area contributed by atoms with Crippen LogP contribution in [0.4, 0.5) is 0 Å². The van der Waals surface area contributed by atoms with Gasteiger partial charge in [-0.1, -0.05) is 17.7 Å². The molecule has 2 atom stereocenters. The molecular formula is C10H10ClNO4. The van der Waals surface area contributed by atoms with E-state index in [9.17, 15) is 4.79 Å². The van der Waals surface area contributed by atoms with Gasteiger partial charge in [0.2, 0.25) is 6.29 Å². The molecule has 0 saturated carbocycles. The molecular weight excluding hydrogens is 234 g/mol. The molecule has 1 N–H and O–H groups in total. The van der Waals surface area contributed by atoms with Crippen molar-refractivity contribution in [3.05, 3.63) is 29.3 Å². The summed E-state index contributed by atoms with van der Waals surface area (Å²) in [5, 5.41) is 0.548. The summed E-state index contributed by atoms with van der Waals surface area (Å²) in [7, 11) is 0.